The maximum absolute atomic E-state index is 4.91. The molecule has 0 saturated heterocycles. The molecule has 0 atom stereocenters. The second-order valence-electron chi connectivity index (χ2n) is 10.1. The molecule has 0 aliphatic rings. The van der Waals surface area contributed by atoms with Gasteiger partial charge in [-0.25, -0.2) is 29.9 Å². The highest BCUT2D eigenvalue weighted by molar-refractivity contribution is 5.66. The first-order chi connectivity index (χ1) is 20.7. The lowest BCUT2D eigenvalue weighted by molar-refractivity contribution is 0.797. The lowest BCUT2D eigenvalue weighted by Gasteiger charge is -2.10. The number of benzene rings is 3. The molecule has 0 unspecified atom stereocenters. The molecule has 0 aliphatic carbocycles. The fourth-order valence-corrected chi connectivity index (χ4v) is 4.81. The van der Waals surface area contributed by atoms with Crippen LogP contribution in [0.4, 0.5) is 0 Å². The average molecular weight is 550 g/mol. The van der Waals surface area contributed by atoms with Crippen LogP contribution in [0.25, 0.3) is 34.2 Å². The zero-order valence-corrected chi connectivity index (χ0v) is 22.8. The first-order valence-corrected chi connectivity index (χ1v) is 13.7. The average Bonchev–Trinajstić information content (AvgIpc) is 3.84. The van der Waals surface area contributed by atoms with Crippen LogP contribution in [0.15, 0.2) is 129 Å². The Bertz CT molecular complexity index is 1620. The highest BCUT2D eigenvalue weighted by atomic mass is 15.0. The molecule has 42 heavy (non-hydrogen) atoms. The summed E-state index contributed by atoms with van der Waals surface area (Å²) in [5, 5.41) is 0. The Morgan fingerprint density at radius 1 is 0.381 bits per heavy atom. The molecular weight excluding hydrogens is 522 g/mol. The number of aromatic nitrogens is 9. The minimum absolute atomic E-state index is 0.633. The molecule has 7 aromatic rings. The largest absolute Gasteiger partial charge is 0.333 e. The van der Waals surface area contributed by atoms with Gasteiger partial charge in [0.25, 0.3) is 0 Å². The Morgan fingerprint density at radius 3 is 0.905 bits per heavy atom. The summed E-state index contributed by atoms with van der Waals surface area (Å²) in [7, 11) is 0. The highest BCUT2D eigenvalue weighted by Gasteiger charge is 2.13. The van der Waals surface area contributed by atoms with E-state index in [0.717, 1.165) is 36.3 Å². The smallest absolute Gasteiger partial charge is 0.164 e. The third kappa shape index (κ3) is 5.75. The van der Waals surface area contributed by atoms with Crippen molar-refractivity contribution in [2.45, 2.75) is 19.6 Å². The molecule has 4 heterocycles. The highest BCUT2D eigenvalue weighted by Crippen LogP contribution is 2.26. The van der Waals surface area contributed by atoms with Crippen molar-refractivity contribution in [3.05, 3.63) is 146 Å². The van der Waals surface area contributed by atoms with E-state index in [-0.39, 0.29) is 0 Å². The number of imidazole rings is 3. The van der Waals surface area contributed by atoms with Gasteiger partial charge in [-0.2, -0.15) is 0 Å². The van der Waals surface area contributed by atoms with E-state index in [1.807, 2.05) is 51.3 Å². The zero-order valence-electron chi connectivity index (χ0n) is 22.8. The quantitative estimate of drug-likeness (QED) is 0.233. The van der Waals surface area contributed by atoms with Crippen LogP contribution in [0.1, 0.15) is 16.7 Å². The fourth-order valence-electron chi connectivity index (χ4n) is 4.81. The van der Waals surface area contributed by atoms with Gasteiger partial charge < -0.3 is 13.7 Å². The van der Waals surface area contributed by atoms with Crippen LogP contribution in [0.3, 0.4) is 0 Å². The maximum Gasteiger partial charge on any atom is 0.164 e. The Labute approximate surface area is 242 Å². The first kappa shape index (κ1) is 25.3. The minimum Gasteiger partial charge on any atom is -0.333 e. The van der Waals surface area contributed by atoms with Crippen molar-refractivity contribution in [3.63, 3.8) is 0 Å². The van der Waals surface area contributed by atoms with Crippen molar-refractivity contribution < 1.29 is 0 Å². The van der Waals surface area contributed by atoms with Crippen molar-refractivity contribution >= 4 is 0 Å². The summed E-state index contributed by atoms with van der Waals surface area (Å²) in [5.41, 5.74) is 6.32. The molecule has 0 bridgehead atoms. The SMILES string of the molecule is c1cn(Cc2ccc(-c3nc(-c4ccc(Cn5ccnc5)cc4)nc(-c4ccc(Cn5ccnc5)cc4)n3)cc2)cn1. The molecule has 0 radical (unpaired) electrons. The predicted octanol–water partition coefficient (Wildman–Crippen LogP) is 5.61. The van der Waals surface area contributed by atoms with Crippen molar-refractivity contribution in [1.29, 1.82) is 0 Å². The van der Waals surface area contributed by atoms with E-state index in [0.29, 0.717) is 17.5 Å². The lowest BCUT2D eigenvalue weighted by Crippen LogP contribution is -2.02. The monoisotopic (exact) mass is 549 g/mol. The van der Waals surface area contributed by atoms with Crippen LogP contribution >= 0.6 is 0 Å². The standard InChI is InChI=1S/C33H27N9/c1-7-28(8-2-25(1)19-40-16-13-34-22-40)31-37-32(29-9-3-26(4-10-29)20-41-17-14-35-23-41)39-33(38-31)30-11-5-27(6-12-30)21-42-18-15-36-24-42/h1-18,22-24H,19-21H2. The molecule has 0 aliphatic heterocycles. The summed E-state index contributed by atoms with van der Waals surface area (Å²) in [6, 6.07) is 25.0. The van der Waals surface area contributed by atoms with Gasteiger partial charge in [-0.1, -0.05) is 72.8 Å². The zero-order chi connectivity index (χ0) is 28.1. The van der Waals surface area contributed by atoms with E-state index in [1.165, 1.54) is 16.7 Å². The molecule has 204 valence electrons. The molecule has 7 rings (SSSR count). The summed E-state index contributed by atoms with van der Waals surface area (Å²) in [6.07, 6.45) is 16.7. The van der Waals surface area contributed by atoms with Gasteiger partial charge in [-0.05, 0) is 16.7 Å². The summed E-state index contributed by atoms with van der Waals surface area (Å²) in [5.74, 6) is 1.90. The molecule has 0 N–H and O–H groups in total. The Kier molecular flexibility index (Phi) is 6.87. The summed E-state index contributed by atoms with van der Waals surface area (Å²) >= 11 is 0. The maximum atomic E-state index is 4.91. The van der Waals surface area contributed by atoms with Gasteiger partial charge in [-0.3, -0.25) is 0 Å². The molecular formula is C33H27N9. The number of nitrogens with zero attached hydrogens (tertiary/aromatic N) is 9. The van der Waals surface area contributed by atoms with Gasteiger partial charge >= 0.3 is 0 Å². The van der Waals surface area contributed by atoms with Gasteiger partial charge in [0.1, 0.15) is 0 Å². The van der Waals surface area contributed by atoms with Crippen LogP contribution in [-0.2, 0) is 19.6 Å². The van der Waals surface area contributed by atoms with Crippen molar-refractivity contribution in [2.75, 3.05) is 0 Å². The minimum atomic E-state index is 0.633. The van der Waals surface area contributed by atoms with E-state index < -0.39 is 0 Å². The van der Waals surface area contributed by atoms with Crippen LogP contribution in [-0.4, -0.2) is 43.6 Å². The van der Waals surface area contributed by atoms with Gasteiger partial charge in [0.15, 0.2) is 17.5 Å². The van der Waals surface area contributed by atoms with Gasteiger partial charge in [0.05, 0.1) is 19.0 Å². The Morgan fingerprint density at radius 2 is 0.667 bits per heavy atom. The number of hydrogen-bond acceptors (Lipinski definition) is 6. The molecule has 0 spiro atoms. The van der Waals surface area contributed by atoms with E-state index >= 15 is 0 Å². The van der Waals surface area contributed by atoms with Crippen molar-refractivity contribution in [3.8, 4) is 34.2 Å². The predicted molar refractivity (Wildman–Crippen MR) is 160 cm³/mol. The van der Waals surface area contributed by atoms with Crippen molar-refractivity contribution in [2.24, 2.45) is 0 Å². The normalized spacial score (nSPS) is 11.1. The van der Waals surface area contributed by atoms with Gasteiger partial charge in [-0.15, -0.1) is 0 Å². The fraction of sp³-hybridized carbons (Fsp3) is 0.0909. The van der Waals surface area contributed by atoms with E-state index in [4.69, 9.17) is 15.0 Å². The molecule has 4 aromatic heterocycles. The Balaban J connectivity index is 1.21. The summed E-state index contributed by atoms with van der Waals surface area (Å²) in [4.78, 5) is 27.2. The third-order valence-corrected chi connectivity index (χ3v) is 7.04. The van der Waals surface area contributed by atoms with Gasteiger partial charge in [0, 0.05) is 73.5 Å². The second kappa shape index (κ2) is 11.4. The summed E-state index contributed by atoms with van der Waals surface area (Å²) in [6.45, 7) is 2.26. The topological polar surface area (TPSA) is 92.1 Å². The number of rotatable bonds is 9. The molecule has 0 amide bonds. The second-order valence-corrected chi connectivity index (χ2v) is 10.1. The third-order valence-electron chi connectivity index (χ3n) is 7.04. The molecule has 9 nitrogen and oxygen atoms in total. The number of hydrogen-bond donors (Lipinski definition) is 0. The van der Waals surface area contributed by atoms with Crippen LogP contribution in [0, 0.1) is 0 Å². The van der Waals surface area contributed by atoms with Crippen LogP contribution in [0.5, 0.6) is 0 Å². The molecule has 3 aromatic carbocycles. The Hall–Kier alpha value is -5.70. The van der Waals surface area contributed by atoms with Crippen molar-refractivity contribution in [1.82, 2.24) is 43.6 Å². The van der Waals surface area contributed by atoms with E-state index in [2.05, 4.69) is 87.7 Å². The molecule has 0 fully saturated rings. The van der Waals surface area contributed by atoms with E-state index in [1.54, 1.807) is 18.6 Å². The first-order valence-electron chi connectivity index (χ1n) is 13.7. The van der Waals surface area contributed by atoms with Crippen LogP contribution in [0.2, 0.25) is 0 Å². The molecule has 9 heteroatoms. The lowest BCUT2D eigenvalue weighted by atomic mass is 10.1. The van der Waals surface area contributed by atoms with Gasteiger partial charge in [0.2, 0.25) is 0 Å². The van der Waals surface area contributed by atoms with E-state index in [9.17, 15) is 0 Å². The molecule has 0 saturated carbocycles. The van der Waals surface area contributed by atoms with Crippen LogP contribution < -0.4 is 0 Å². The summed E-state index contributed by atoms with van der Waals surface area (Å²) < 4.78 is 6.13.